The van der Waals surface area contributed by atoms with Gasteiger partial charge in [-0.25, -0.2) is 8.42 Å². The summed E-state index contributed by atoms with van der Waals surface area (Å²) >= 11 is 0. The second kappa shape index (κ2) is 9.24. The lowest BCUT2D eigenvalue weighted by Gasteiger charge is -2.33. The summed E-state index contributed by atoms with van der Waals surface area (Å²) in [6.45, 7) is 0.702. The molecular formula is C23H24N2O7S. The van der Waals surface area contributed by atoms with Gasteiger partial charge in [0.1, 0.15) is 17.9 Å². The van der Waals surface area contributed by atoms with Crippen molar-refractivity contribution in [1.82, 2.24) is 5.32 Å². The standard InChI is InChI=1S/C23H24N2O7S/c24-22(27)23(9-12-30-13-10-23)33(28,29)18-7-5-17(6-8-18)31-14-11-25-21(26)20-15-16-3-1-2-4-19(16)32-20/h1-8,15H,9-14H2,(H2,24,27)(H,25,26). The molecule has 0 saturated carbocycles. The summed E-state index contributed by atoms with van der Waals surface area (Å²) in [4.78, 5) is 24.3. The minimum absolute atomic E-state index is 0.00580. The average molecular weight is 473 g/mol. The van der Waals surface area contributed by atoms with Gasteiger partial charge in [-0.05, 0) is 49.2 Å². The lowest BCUT2D eigenvalue weighted by Crippen LogP contribution is -2.53. The average Bonchev–Trinajstić information content (AvgIpc) is 3.27. The van der Waals surface area contributed by atoms with Gasteiger partial charge in [0.2, 0.25) is 5.91 Å². The Kier molecular flexibility index (Phi) is 6.39. The predicted molar refractivity (Wildman–Crippen MR) is 120 cm³/mol. The zero-order chi connectivity index (χ0) is 23.5. The van der Waals surface area contributed by atoms with Crippen LogP contribution < -0.4 is 15.8 Å². The number of para-hydroxylation sites is 1. The number of benzene rings is 2. The normalized spacial score (nSPS) is 15.8. The number of amides is 2. The number of primary amides is 1. The molecule has 2 heterocycles. The van der Waals surface area contributed by atoms with Gasteiger partial charge < -0.3 is 24.9 Å². The van der Waals surface area contributed by atoms with Gasteiger partial charge in [0.25, 0.3) is 5.91 Å². The van der Waals surface area contributed by atoms with Gasteiger partial charge in [-0.15, -0.1) is 0 Å². The van der Waals surface area contributed by atoms with Crippen LogP contribution in [0.2, 0.25) is 0 Å². The molecule has 1 aliphatic heterocycles. The van der Waals surface area contributed by atoms with Crippen LogP contribution in [0.25, 0.3) is 11.0 Å². The van der Waals surface area contributed by atoms with Crippen LogP contribution in [0.3, 0.4) is 0 Å². The van der Waals surface area contributed by atoms with Crippen molar-refractivity contribution in [2.75, 3.05) is 26.4 Å². The highest BCUT2D eigenvalue weighted by Gasteiger charge is 2.51. The van der Waals surface area contributed by atoms with Crippen LogP contribution in [-0.2, 0) is 19.4 Å². The lowest BCUT2D eigenvalue weighted by molar-refractivity contribution is -0.122. The highest BCUT2D eigenvalue weighted by molar-refractivity contribution is 7.93. The Hall–Kier alpha value is -3.37. The number of rotatable bonds is 8. The van der Waals surface area contributed by atoms with Gasteiger partial charge in [0, 0.05) is 18.6 Å². The Labute approximate surface area is 190 Å². The van der Waals surface area contributed by atoms with E-state index in [1.807, 2.05) is 18.2 Å². The summed E-state index contributed by atoms with van der Waals surface area (Å²) in [5.74, 6) is -0.593. The Morgan fingerprint density at radius 3 is 2.42 bits per heavy atom. The summed E-state index contributed by atoms with van der Waals surface area (Å²) in [5, 5.41) is 3.55. The van der Waals surface area contributed by atoms with Gasteiger partial charge in [-0.3, -0.25) is 9.59 Å². The van der Waals surface area contributed by atoms with E-state index in [1.54, 1.807) is 12.1 Å². The number of nitrogens with one attached hydrogen (secondary N) is 1. The van der Waals surface area contributed by atoms with Gasteiger partial charge in [-0.2, -0.15) is 0 Å². The number of fused-ring (bicyclic) bond motifs is 1. The maximum atomic E-state index is 13.1. The number of hydrogen-bond donors (Lipinski definition) is 2. The summed E-state index contributed by atoms with van der Waals surface area (Å²) in [6, 6.07) is 14.8. The third kappa shape index (κ3) is 4.44. The van der Waals surface area contributed by atoms with Crippen LogP contribution >= 0.6 is 0 Å². The number of sulfone groups is 1. The molecule has 1 saturated heterocycles. The molecular weight excluding hydrogens is 448 g/mol. The van der Waals surface area contributed by atoms with Crippen molar-refractivity contribution in [2.45, 2.75) is 22.5 Å². The van der Waals surface area contributed by atoms with E-state index < -0.39 is 20.5 Å². The molecule has 4 rings (SSSR count). The van der Waals surface area contributed by atoms with Crippen molar-refractivity contribution >= 4 is 32.6 Å². The zero-order valence-electron chi connectivity index (χ0n) is 17.8. The molecule has 2 amide bonds. The molecule has 3 N–H and O–H groups in total. The van der Waals surface area contributed by atoms with E-state index in [9.17, 15) is 18.0 Å². The smallest absolute Gasteiger partial charge is 0.287 e. The molecule has 1 aliphatic rings. The van der Waals surface area contributed by atoms with E-state index in [2.05, 4.69) is 5.32 Å². The number of hydrogen-bond acceptors (Lipinski definition) is 7. The molecule has 9 nitrogen and oxygen atoms in total. The Morgan fingerprint density at radius 2 is 1.76 bits per heavy atom. The number of ether oxygens (including phenoxy) is 2. The fourth-order valence-electron chi connectivity index (χ4n) is 3.80. The van der Waals surface area contributed by atoms with E-state index in [-0.39, 0.29) is 55.8 Å². The van der Waals surface area contributed by atoms with Gasteiger partial charge in [-0.1, -0.05) is 18.2 Å². The predicted octanol–water partition coefficient (Wildman–Crippen LogP) is 2.05. The summed E-state index contributed by atoms with van der Waals surface area (Å²) in [7, 11) is -4.00. The first-order chi connectivity index (χ1) is 15.8. The van der Waals surface area contributed by atoms with E-state index in [0.29, 0.717) is 11.3 Å². The maximum Gasteiger partial charge on any atom is 0.287 e. The number of carbonyl (C=O) groups is 2. The van der Waals surface area contributed by atoms with Crippen LogP contribution in [0.15, 0.2) is 63.9 Å². The molecule has 0 aliphatic carbocycles. The fourth-order valence-corrected chi connectivity index (χ4v) is 5.72. The van der Waals surface area contributed by atoms with Crippen LogP contribution in [0.5, 0.6) is 5.75 Å². The van der Waals surface area contributed by atoms with Crippen molar-refractivity contribution in [2.24, 2.45) is 5.73 Å². The minimum atomic E-state index is -4.00. The monoisotopic (exact) mass is 472 g/mol. The number of carbonyl (C=O) groups excluding carboxylic acids is 2. The molecule has 0 spiro atoms. The first-order valence-electron chi connectivity index (χ1n) is 10.5. The van der Waals surface area contributed by atoms with E-state index in [4.69, 9.17) is 19.6 Å². The van der Waals surface area contributed by atoms with Crippen molar-refractivity contribution < 1.29 is 31.9 Å². The summed E-state index contributed by atoms with van der Waals surface area (Å²) in [6.07, 6.45) is 0.0433. The Balaban J connectivity index is 1.34. The molecule has 0 radical (unpaired) electrons. The Bertz CT molecular complexity index is 1230. The maximum absolute atomic E-state index is 13.1. The largest absolute Gasteiger partial charge is 0.492 e. The molecule has 33 heavy (non-hydrogen) atoms. The van der Waals surface area contributed by atoms with E-state index in [1.165, 1.54) is 24.3 Å². The first-order valence-corrected chi connectivity index (χ1v) is 11.9. The molecule has 0 atom stereocenters. The minimum Gasteiger partial charge on any atom is -0.492 e. The number of nitrogens with two attached hydrogens (primary N) is 1. The highest BCUT2D eigenvalue weighted by Crippen LogP contribution is 2.35. The molecule has 1 fully saturated rings. The van der Waals surface area contributed by atoms with Gasteiger partial charge in [0.15, 0.2) is 20.3 Å². The van der Waals surface area contributed by atoms with Crippen molar-refractivity contribution in [1.29, 1.82) is 0 Å². The molecule has 3 aromatic rings. The van der Waals surface area contributed by atoms with Crippen LogP contribution in [0.4, 0.5) is 0 Å². The van der Waals surface area contributed by atoms with E-state index in [0.717, 1.165) is 5.39 Å². The fraction of sp³-hybridized carbons (Fsp3) is 0.304. The van der Waals surface area contributed by atoms with Crippen LogP contribution in [0.1, 0.15) is 23.4 Å². The number of furan rings is 1. The lowest BCUT2D eigenvalue weighted by atomic mass is 9.98. The van der Waals surface area contributed by atoms with Gasteiger partial charge >= 0.3 is 0 Å². The molecule has 2 aromatic carbocycles. The van der Waals surface area contributed by atoms with E-state index >= 15 is 0 Å². The second-order valence-corrected chi connectivity index (χ2v) is 9.96. The summed E-state index contributed by atoms with van der Waals surface area (Å²) < 4.78 is 40.9. The molecule has 1 aromatic heterocycles. The van der Waals surface area contributed by atoms with Gasteiger partial charge in [0.05, 0.1) is 11.4 Å². The topological polar surface area (TPSA) is 138 Å². The Morgan fingerprint density at radius 1 is 1.06 bits per heavy atom. The molecule has 0 unspecified atom stereocenters. The summed E-state index contributed by atoms with van der Waals surface area (Å²) in [5.41, 5.74) is 6.12. The third-order valence-corrected chi connectivity index (χ3v) is 8.23. The first kappa shape index (κ1) is 22.8. The van der Waals surface area contributed by atoms with Crippen molar-refractivity contribution in [3.05, 3.63) is 60.4 Å². The van der Waals surface area contributed by atoms with Crippen LogP contribution in [-0.4, -0.2) is 51.3 Å². The van der Waals surface area contributed by atoms with Crippen LogP contribution in [0, 0.1) is 0 Å². The second-order valence-electron chi connectivity index (χ2n) is 7.70. The van der Waals surface area contributed by atoms with Crippen molar-refractivity contribution in [3.63, 3.8) is 0 Å². The SMILES string of the molecule is NC(=O)C1(S(=O)(=O)c2ccc(OCCNC(=O)c3cc4ccccc4o3)cc2)CCOCC1. The van der Waals surface area contributed by atoms with Crippen molar-refractivity contribution in [3.8, 4) is 5.75 Å². The highest BCUT2D eigenvalue weighted by atomic mass is 32.2. The molecule has 10 heteroatoms. The molecule has 0 bridgehead atoms. The quantitative estimate of drug-likeness (QED) is 0.479. The zero-order valence-corrected chi connectivity index (χ0v) is 18.6. The molecule has 174 valence electrons. The third-order valence-electron chi connectivity index (χ3n) is 5.70.